The van der Waals surface area contributed by atoms with Gasteiger partial charge in [-0.3, -0.25) is 4.79 Å². The van der Waals surface area contributed by atoms with Crippen LogP contribution in [0.25, 0.3) is 0 Å². The summed E-state index contributed by atoms with van der Waals surface area (Å²) in [6, 6.07) is 4.71. The fourth-order valence-corrected chi connectivity index (χ4v) is 4.37. The molecule has 1 saturated carbocycles. The zero-order valence-corrected chi connectivity index (χ0v) is 13.2. The first-order valence-corrected chi connectivity index (χ1v) is 8.66. The molecule has 1 aromatic rings. The summed E-state index contributed by atoms with van der Waals surface area (Å²) in [6.07, 6.45) is 2.16. The van der Waals surface area contributed by atoms with E-state index in [1.54, 1.807) is 19.1 Å². The number of carboxylic acids is 1. The van der Waals surface area contributed by atoms with E-state index in [1.165, 1.54) is 6.07 Å². The summed E-state index contributed by atoms with van der Waals surface area (Å²) in [5.74, 6) is -1.47. The van der Waals surface area contributed by atoms with Gasteiger partial charge >= 0.3 is 5.97 Å². The van der Waals surface area contributed by atoms with Crippen LogP contribution >= 0.6 is 11.6 Å². The average molecular weight is 332 g/mol. The van der Waals surface area contributed by atoms with Gasteiger partial charge in [-0.05, 0) is 43.4 Å². The molecule has 2 unspecified atom stereocenters. The fraction of sp³-hybridized carbons (Fsp3) is 0.500. The second-order valence-corrected chi connectivity index (χ2v) is 7.49. The lowest BCUT2D eigenvalue weighted by molar-refractivity contribution is -0.142. The van der Waals surface area contributed by atoms with Crippen molar-refractivity contribution in [1.29, 1.82) is 0 Å². The molecule has 0 heterocycles. The Morgan fingerprint density at radius 3 is 2.81 bits per heavy atom. The largest absolute Gasteiger partial charge is 0.481 e. The maximum absolute atomic E-state index is 12.3. The highest BCUT2D eigenvalue weighted by Gasteiger charge is 2.33. The van der Waals surface area contributed by atoms with Crippen LogP contribution in [0.1, 0.15) is 24.8 Å². The van der Waals surface area contributed by atoms with E-state index in [1.807, 2.05) is 0 Å². The molecule has 0 aromatic heterocycles. The number of nitrogens with one attached hydrogen (secondary N) is 1. The Morgan fingerprint density at radius 2 is 2.14 bits per heavy atom. The highest BCUT2D eigenvalue weighted by Crippen LogP contribution is 2.32. The average Bonchev–Trinajstić information content (AvgIpc) is 2.88. The summed E-state index contributed by atoms with van der Waals surface area (Å²) in [4.78, 5) is 11.2. The van der Waals surface area contributed by atoms with Crippen molar-refractivity contribution >= 4 is 27.6 Å². The first kappa shape index (κ1) is 16.3. The van der Waals surface area contributed by atoms with Crippen molar-refractivity contribution in [1.82, 2.24) is 4.72 Å². The quantitative estimate of drug-likeness (QED) is 0.868. The van der Waals surface area contributed by atoms with Crippen molar-refractivity contribution in [3.63, 3.8) is 0 Å². The lowest BCUT2D eigenvalue weighted by atomic mass is 9.97. The Kier molecular flexibility index (Phi) is 4.91. The number of hydrogen-bond donors (Lipinski definition) is 2. The van der Waals surface area contributed by atoms with Gasteiger partial charge in [0.2, 0.25) is 10.0 Å². The number of sulfonamides is 1. The Bertz CT molecular complexity index is 644. The molecule has 0 aliphatic heterocycles. The zero-order chi connectivity index (χ0) is 15.6. The van der Waals surface area contributed by atoms with Crippen LogP contribution in [0.4, 0.5) is 0 Å². The predicted molar refractivity (Wildman–Crippen MR) is 79.8 cm³/mol. The number of carbonyl (C=O) groups is 1. The molecular weight excluding hydrogens is 314 g/mol. The number of aliphatic carboxylic acids is 1. The van der Waals surface area contributed by atoms with E-state index in [2.05, 4.69) is 4.72 Å². The third kappa shape index (κ3) is 3.56. The number of hydrogen-bond acceptors (Lipinski definition) is 3. The summed E-state index contributed by atoms with van der Waals surface area (Å²) in [6.45, 7) is 1.79. The Balaban J connectivity index is 2.12. The van der Waals surface area contributed by atoms with Crippen LogP contribution in [0.5, 0.6) is 0 Å². The molecule has 0 amide bonds. The molecule has 2 atom stereocenters. The second kappa shape index (κ2) is 6.34. The molecule has 0 bridgehead atoms. The van der Waals surface area contributed by atoms with Gasteiger partial charge in [0.05, 0.1) is 10.8 Å². The third-order valence-corrected chi connectivity index (χ3v) is 6.00. The van der Waals surface area contributed by atoms with Crippen molar-refractivity contribution < 1.29 is 18.3 Å². The molecule has 2 rings (SSSR count). The van der Waals surface area contributed by atoms with Gasteiger partial charge in [0.1, 0.15) is 0 Å². The van der Waals surface area contributed by atoms with Gasteiger partial charge in [0.15, 0.2) is 0 Å². The number of benzene rings is 1. The van der Waals surface area contributed by atoms with E-state index >= 15 is 0 Å². The molecule has 2 N–H and O–H groups in total. The van der Waals surface area contributed by atoms with E-state index in [4.69, 9.17) is 16.7 Å². The minimum atomic E-state index is -3.68. The highest BCUT2D eigenvalue weighted by atomic mass is 35.5. The molecule has 1 aliphatic carbocycles. The first-order valence-electron chi connectivity index (χ1n) is 6.80. The van der Waals surface area contributed by atoms with Crippen LogP contribution in [0, 0.1) is 18.8 Å². The minimum absolute atomic E-state index is 0.139. The summed E-state index contributed by atoms with van der Waals surface area (Å²) in [7, 11) is -3.68. The third-order valence-electron chi connectivity index (χ3n) is 4.02. The van der Waals surface area contributed by atoms with Gasteiger partial charge in [-0.15, -0.1) is 0 Å². The van der Waals surface area contributed by atoms with Crippen LogP contribution in [-0.2, 0) is 14.8 Å². The monoisotopic (exact) mass is 331 g/mol. The van der Waals surface area contributed by atoms with E-state index in [0.29, 0.717) is 17.0 Å². The van der Waals surface area contributed by atoms with Crippen LogP contribution in [0.3, 0.4) is 0 Å². The standard InChI is InChI=1S/C14H18ClNO4S/c1-9-12(15)6-3-7-13(9)21(19,20)16-8-10-4-2-5-11(10)14(17)18/h3,6-7,10-11,16H,2,4-5,8H2,1H3,(H,17,18). The van der Waals surface area contributed by atoms with Crippen molar-refractivity contribution in [2.45, 2.75) is 31.1 Å². The maximum Gasteiger partial charge on any atom is 0.306 e. The van der Waals surface area contributed by atoms with Crippen LogP contribution in [0.2, 0.25) is 5.02 Å². The van der Waals surface area contributed by atoms with Crippen LogP contribution in [-0.4, -0.2) is 26.0 Å². The lowest BCUT2D eigenvalue weighted by Gasteiger charge is -2.17. The predicted octanol–water partition coefficient (Wildman–Crippen LogP) is 2.43. The molecule has 0 spiro atoms. The van der Waals surface area contributed by atoms with E-state index in [9.17, 15) is 13.2 Å². The Labute approximate surface area is 129 Å². The fourth-order valence-electron chi connectivity index (χ4n) is 2.78. The van der Waals surface area contributed by atoms with Crippen molar-refractivity contribution in [2.24, 2.45) is 11.8 Å². The van der Waals surface area contributed by atoms with Gasteiger partial charge < -0.3 is 5.11 Å². The molecule has 1 fully saturated rings. The molecule has 0 saturated heterocycles. The van der Waals surface area contributed by atoms with E-state index < -0.39 is 21.9 Å². The minimum Gasteiger partial charge on any atom is -0.481 e. The molecule has 7 heteroatoms. The van der Waals surface area contributed by atoms with Gasteiger partial charge in [0, 0.05) is 11.6 Å². The number of carboxylic acid groups (broad SMARTS) is 1. The first-order chi connectivity index (χ1) is 9.83. The van der Waals surface area contributed by atoms with E-state index in [0.717, 1.165) is 12.8 Å². The molecule has 0 radical (unpaired) electrons. The maximum atomic E-state index is 12.3. The van der Waals surface area contributed by atoms with Crippen molar-refractivity contribution in [3.8, 4) is 0 Å². The Hall–Kier alpha value is -1.11. The van der Waals surface area contributed by atoms with Crippen molar-refractivity contribution in [2.75, 3.05) is 6.54 Å². The summed E-state index contributed by atoms with van der Waals surface area (Å²) in [5.41, 5.74) is 0.493. The van der Waals surface area contributed by atoms with Crippen LogP contribution < -0.4 is 4.72 Å². The van der Waals surface area contributed by atoms with E-state index in [-0.39, 0.29) is 17.4 Å². The summed E-state index contributed by atoms with van der Waals surface area (Å²) >= 11 is 5.94. The number of halogens is 1. The summed E-state index contributed by atoms with van der Waals surface area (Å²) in [5, 5.41) is 9.51. The smallest absolute Gasteiger partial charge is 0.306 e. The SMILES string of the molecule is Cc1c(Cl)cccc1S(=O)(=O)NCC1CCCC1C(=O)O. The molecule has 5 nitrogen and oxygen atoms in total. The normalized spacial score (nSPS) is 22.4. The van der Waals surface area contributed by atoms with Crippen molar-refractivity contribution in [3.05, 3.63) is 28.8 Å². The molecule has 1 aromatic carbocycles. The topological polar surface area (TPSA) is 83.5 Å². The highest BCUT2D eigenvalue weighted by molar-refractivity contribution is 7.89. The van der Waals surface area contributed by atoms with Crippen LogP contribution in [0.15, 0.2) is 23.1 Å². The van der Waals surface area contributed by atoms with Gasteiger partial charge in [0.25, 0.3) is 0 Å². The molecular formula is C14H18ClNO4S. The zero-order valence-electron chi connectivity index (χ0n) is 11.7. The second-order valence-electron chi connectivity index (χ2n) is 5.35. The lowest BCUT2D eigenvalue weighted by Crippen LogP contribution is -2.33. The van der Waals surface area contributed by atoms with Gasteiger partial charge in [-0.25, -0.2) is 13.1 Å². The number of rotatable bonds is 5. The van der Waals surface area contributed by atoms with Gasteiger partial charge in [-0.1, -0.05) is 24.1 Å². The molecule has 1 aliphatic rings. The summed E-state index contributed by atoms with van der Waals surface area (Å²) < 4.78 is 27.2. The Morgan fingerprint density at radius 1 is 1.43 bits per heavy atom. The molecule has 21 heavy (non-hydrogen) atoms. The molecule has 116 valence electrons. The van der Waals surface area contributed by atoms with Gasteiger partial charge in [-0.2, -0.15) is 0 Å².